The number of hydrogen-bond donors (Lipinski definition) is 2. The van der Waals surface area contributed by atoms with Crippen molar-refractivity contribution in [2.75, 3.05) is 13.2 Å². The molecule has 0 fully saturated rings. The van der Waals surface area contributed by atoms with Crippen LogP contribution in [0.25, 0.3) is 0 Å². The summed E-state index contributed by atoms with van der Waals surface area (Å²) >= 11 is 0. The van der Waals surface area contributed by atoms with Crippen molar-refractivity contribution in [1.29, 1.82) is 0 Å². The summed E-state index contributed by atoms with van der Waals surface area (Å²) in [6.45, 7) is 11.1. The van der Waals surface area contributed by atoms with E-state index < -0.39 is 11.5 Å². The van der Waals surface area contributed by atoms with Gasteiger partial charge in [0.25, 0.3) is 0 Å². The van der Waals surface area contributed by atoms with Gasteiger partial charge in [-0.05, 0) is 46.6 Å². The molecule has 0 aromatic carbocycles. The monoisotopic (exact) mass is 245 g/mol. The highest BCUT2D eigenvalue weighted by atomic mass is 16.5. The molecule has 0 aliphatic heterocycles. The summed E-state index contributed by atoms with van der Waals surface area (Å²) in [5.41, 5.74) is -0.952. The molecular formula is C13H27NO3. The summed E-state index contributed by atoms with van der Waals surface area (Å²) < 4.78 is 5.71. The molecule has 0 aliphatic carbocycles. The molecule has 102 valence electrons. The normalized spacial score (nSPS) is 15.6. The van der Waals surface area contributed by atoms with E-state index in [-0.39, 0.29) is 5.60 Å². The number of aliphatic carboxylic acids is 1. The van der Waals surface area contributed by atoms with Crippen molar-refractivity contribution < 1.29 is 14.6 Å². The molecule has 0 saturated carbocycles. The predicted molar refractivity (Wildman–Crippen MR) is 69.3 cm³/mol. The van der Waals surface area contributed by atoms with Gasteiger partial charge < -0.3 is 15.2 Å². The minimum Gasteiger partial charge on any atom is -0.480 e. The van der Waals surface area contributed by atoms with E-state index in [1.54, 1.807) is 6.92 Å². The van der Waals surface area contributed by atoms with Crippen LogP contribution in [0.4, 0.5) is 0 Å². The predicted octanol–water partition coefficient (Wildman–Crippen LogP) is 2.42. The SMILES string of the molecule is CCNC(C)(CCCOC(C)(C)CC)C(=O)O. The molecule has 0 spiro atoms. The highest BCUT2D eigenvalue weighted by molar-refractivity contribution is 5.78. The fourth-order valence-corrected chi connectivity index (χ4v) is 1.54. The van der Waals surface area contributed by atoms with Gasteiger partial charge in [0.05, 0.1) is 5.60 Å². The van der Waals surface area contributed by atoms with Gasteiger partial charge in [-0.25, -0.2) is 0 Å². The quantitative estimate of drug-likeness (QED) is 0.612. The van der Waals surface area contributed by atoms with Crippen LogP contribution in [0.2, 0.25) is 0 Å². The molecule has 1 atom stereocenters. The van der Waals surface area contributed by atoms with E-state index in [9.17, 15) is 4.79 Å². The zero-order chi connectivity index (χ0) is 13.5. The highest BCUT2D eigenvalue weighted by Crippen LogP contribution is 2.17. The molecule has 0 heterocycles. The van der Waals surface area contributed by atoms with Crippen molar-refractivity contribution in [2.24, 2.45) is 0 Å². The fraction of sp³-hybridized carbons (Fsp3) is 0.923. The molecule has 4 heteroatoms. The van der Waals surface area contributed by atoms with E-state index in [2.05, 4.69) is 12.2 Å². The smallest absolute Gasteiger partial charge is 0.323 e. The second kappa shape index (κ2) is 6.97. The summed E-state index contributed by atoms with van der Waals surface area (Å²) in [4.78, 5) is 11.2. The van der Waals surface area contributed by atoms with Crippen LogP contribution in [0.3, 0.4) is 0 Å². The molecule has 4 nitrogen and oxygen atoms in total. The second-order valence-electron chi connectivity index (χ2n) is 5.23. The molecule has 0 radical (unpaired) electrons. The van der Waals surface area contributed by atoms with Crippen LogP contribution in [0, 0.1) is 0 Å². The number of hydrogen-bond acceptors (Lipinski definition) is 3. The van der Waals surface area contributed by atoms with Crippen LogP contribution < -0.4 is 5.32 Å². The number of rotatable bonds is 9. The maximum absolute atomic E-state index is 11.2. The molecule has 2 N–H and O–H groups in total. The Kier molecular flexibility index (Phi) is 6.72. The third-order valence-electron chi connectivity index (χ3n) is 3.20. The van der Waals surface area contributed by atoms with Crippen molar-refractivity contribution in [1.82, 2.24) is 5.32 Å². The highest BCUT2D eigenvalue weighted by Gasteiger charge is 2.31. The topological polar surface area (TPSA) is 58.6 Å². The number of carboxylic acid groups (broad SMARTS) is 1. The Morgan fingerprint density at radius 2 is 1.88 bits per heavy atom. The summed E-state index contributed by atoms with van der Waals surface area (Å²) in [5, 5.41) is 12.2. The van der Waals surface area contributed by atoms with E-state index in [0.29, 0.717) is 19.6 Å². The molecular weight excluding hydrogens is 218 g/mol. The third kappa shape index (κ3) is 6.03. The Bertz CT molecular complexity index is 241. The van der Waals surface area contributed by atoms with Gasteiger partial charge in [-0.1, -0.05) is 13.8 Å². The minimum absolute atomic E-state index is 0.113. The Hall–Kier alpha value is -0.610. The van der Waals surface area contributed by atoms with E-state index in [1.807, 2.05) is 20.8 Å². The van der Waals surface area contributed by atoms with E-state index >= 15 is 0 Å². The Balaban J connectivity index is 4.04. The van der Waals surface area contributed by atoms with E-state index in [1.165, 1.54) is 0 Å². The molecule has 0 saturated heterocycles. The van der Waals surface area contributed by atoms with Crippen molar-refractivity contribution in [3.8, 4) is 0 Å². The van der Waals surface area contributed by atoms with Gasteiger partial charge in [-0.2, -0.15) is 0 Å². The average Bonchev–Trinajstić information content (AvgIpc) is 2.25. The van der Waals surface area contributed by atoms with Gasteiger partial charge >= 0.3 is 5.97 Å². The molecule has 0 amide bonds. The maximum Gasteiger partial charge on any atom is 0.323 e. The number of carboxylic acids is 1. The first-order chi connectivity index (χ1) is 7.77. The molecule has 17 heavy (non-hydrogen) atoms. The Morgan fingerprint density at radius 1 is 1.29 bits per heavy atom. The molecule has 0 bridgehead atoms. The zero-order valence-electron chi connectivity index (χ0n) is 11.8. The summed E-state index contributed by atoms with van der Waals surface area (Å²) in [6, 6.07) is 0. The van der Waals surface area contributed by atoms with Crippen molar-refractivity contribution in [2.45, 2.75) is 65.0 Å². The van der Waals surface area contributed by atoms with Gasteiger partial charge in [-0.15, -0.1) is 0 Å². The van der Waals surface area contributed by atoms with Crippen LogP contribution in [0.5, 0.6) is 0 Å². The standard InChI is InChI=1S/C13H27NO3/c1-6-12(3,4)17-10-8-9-13(5,11(15)16)14-7-2/h14H,6-10H2,1-5H3,(H,15,16). The van der Waals surface area contributed by atoms with Gasteiger partial charge in [0.15, 0.2) is 0 Å². The summed E-state index contributed by atoms with van der Waals surface area (Å²) in [6.07, 6.45) is 2.28. The third-order valence-corrected chi connectivity index (χ3v) is 3.20. The number of ether oxygens (including phenoxy) is 1. The van der Waals surface area contributed by atoms with Crippen LogP contribution in [-0.2, 0) is 9.53 Å². The van der Waals surface area contributed by atoms with Crippen LogP contribution >= 0.6 is 0 Å². The fourth-order valence-electron chi connectivity index (χ4n) is 1.54. The molecule has 0 aromatic heterocycles. The van der Waals surface area contributed by atoms with Gasteiger partial charge in [0, 0.05) is 6.61 Å². The first-order valence-electron chi connectivity index (χ1n) is 6.40. The lowest BCUT2D eigenvalue weighted by Crippen LogP contribution is -2.49. The average molecular weight is 245 g/mol. The van der Waals surface area contributed by atoms with Crippen molar-refractivity contribution in [3.63, 3.8) is 0 Å². The molecule has 0 aromatic rings. The van der Waals surface area contributed by atoms with Crippen LogP contribution in [0.15, 0.2) is 0 Å². The van der Waals surface area contributed by atoms with Gasteiger partial charge in [0.2, 0.25) is 0 Å². The van der Waals surface area contributed by atoms with Crippen molar-refractivity contribution >= 4 is 5.97 Å². The molecule has 0 rings (SSSR count). The summed E-state index contributed by atoms with van der Waals surface area (Å²) in [7, 11) is 0. The Labute approximate surface area is 105 Å². The lowest BCUT2D eigenvalue weighted by atomic mass is 9.96. The largest absolute Gasteiger partial charge is 0.480 e. The molecule has 0 aliphatic rings. The van der Waals surface area contributed by atoms with Crippen LogP contribution in [0.1, 0.15) is 53.9 Å². The zero-order valence-corrected chi connectivity index (χ0v) is 11.8. The van der Waals surface area contributed by atoms with Crippen molar-refractivity contribution in [3.05, 3.63) is 0 Å². The minimum atomic E-state index is -0.839. The second-order valence-corrected chi connectivity index (χ2v) is 5.23. The molecule has 1 unspecified atom stereocenters. The lowest BCUT2D eigenvalue weighted by molar-refractivity contribution is -0.144. The first kappa shape index (κ1) is 16.4. The van der Waals surface area contributed by atoms with E-state index in [4.69, 9.17) is 9.84 Å². The number of nitrogens with one attached hydrogen (secondary N) is 1. The number of carbonyl (C=O) groups is 1. The van der Waals surface area contributed by atoms with Gasteiger partial charge in [0.1, 0.15) is 5.54 Å². The number of likely N-dealkylation sites (N-methyl/N-ethyl adjacent to an activating group) is 1. The van der Waals surface area contributed by atoms with Gasteiger partial charge in [-0.3, -0.25) is 4.79 Å². The Morgan fingerprint density at radius 3 is 2.29 bits per heavy atom. The maximum atomic E-state index is 11.2. The van der Waals surface area contributed by atoms with Crippen LogP contribution in [-0.4, -0.2) is 35.4 Å². The lowest BCUT2D eigenvalue weighted by Gasteiger charge is -2.27. The summed E-state index contributed by atoms with van der Waals surface area (Å²) in [5.74, 6) is -0.797. The van der Waals surface area contributed by atoms with E-state index in [0.717, 1.165) is 12.8 Å². The first-order valence-corrected chi connectivity index (χ1v) is 6.40.